The van der Waals surface area contributed by atoms with Crippen molar-refractivity contribution in [1.29, 1.82) is 0 Å². The van der Waals surface area contributed by atoms with Crippen molar-refractivity contribution < 1.29 is 22.0 Å². The van der Waals surface area contributed by atoms with Gasteiger partial charge in [-0.3, -0.25) is 9.59 Å². The molecule has 0 aliphatic carbocycles. The van der Waals surface area contributed by atoms with E-state index in [1.54, 1.807) is 14.1 Å². The lowest BCUT2D eigenvalue weighted by Gasteiger charge is -2.34. The van der Waals surface area contributed by atoms with Crippen molar-refractivity contribution >= 4 is 34.9 Å². The summed E-state index contributed by atoms with van der Waals surface area (Å²) >= 11 is 0. The van der Waals surface area contributed by atoms with Gasteiger partial charge in [-0.05, 0) is 36.4 Å². The highest BCUT2D eigenvalue weighted by Crippen LogP contribution is 2.67. The molecule has 0 aromatic heterocycles. The minimum Gasteiger partial charge on any atom is -1.00 e. The van der Waals surface area contributed by atoms with Crippen LogP contribution >= 0.6 is 7.26 Å². The molecule has 172 valence electrons. The number of halogens is 1. The summed E-state index contributed by atoms with van der Waals surface area (Å²) in [6.45, 7) is 0. The lowest BCUT2D eigenvalue weighted by Crippen LogP contribution is -3.00. The first kappa shape index (κ1) is 25.4. The van der Waals surface area contributed by atoms with Crippen LogP contribution in [-0.4, -0.2) is 30.7 Å². The Bertz CT molecular complexity index is 1120. The summed E-state index contributed by atoms with van der Waals surface area (Å²) in [7, 11) is 0.638. The second kappa shape index (κ2) is 11.2. The van der Waals surface area contributed by atoms with E-state index < -0.39 is 24.6 Å². The topological polar surface area (TPSA) is 37.4 Å². The second-order valence-corrected chi connectivity index (χ2v) is 11.6. The molecule has 0 radical (unpaired) electrons. The van der Waals surface area contributed by atoms with E-state index in [4.69, 9.17) is 0 Å². The lowest BCUT2D eigenvalue weighted by molar-refractivity contribution is -0.142. The molecule has 0 saturated carbocycles. The third kappa shape index (κ3) is 4.68. The Hall–Kier alpha value is -3.26. The second-order valence-electron chi connectivity index (χ2n) is 8.11. The summed E-state index contributed by atoms with van der Waals surface area (Å²) < 4.78 is 0. The van der Waals surface area contributed by atoms with Gasteiger partial charge < -0.3 is 17.3 Å². The molecule has 4 rings (SSSR count). The number of hydrogen-bond donors (Lipinski definition) is 0. The summed E-state index contributed by atoms with van der Waals surface area (Å²) in [5.74, 6) is -0.882. The maximum absolute atomic E-state index is 14.1. The molecular weight excluding hydrogens is 461 g/mol. The smallest absolute Gasteiger partial charge is 0.294 e. The molecule has 0 aliphatic rings. The molecule has 0 aliphatic heterocycles. The Morgan fingerprint density at radius 1 is 0.588 bits per heavy atom. The quantitative estimate of drug-likeness (QED) is 0.292. The van der Waals surface area contributed by atoms with Gasteiger partial charge in [0, 0.05) is 19.7 Å². The zero-order valence-electron chi connectivity index (χ0n) is 19.2. The maximum Gasteiger partial charge on any atom is 0.294 e. The summed E-state index contributed by atoms with van der Waals surface area (Å²) in [5.41, 5.74) is 0.198. The molecule has 0 spiro atoms. The minimum absolute atomic E-state index is 0. The average Bonchev–Trinajstić information content (AvgIpc) is 2.88. The Morgan fingerprint density at radius 2 is 0.912 bits per heavy atom. The number of Topliss-reactive ketones (excluding diaryl/α,β-unsaturated/α-hetero) is 1. The van der Waals surface area contributed by atoms with Crippen molar-refractivity contribution in [2.75, 3.05) is 14.1 Å². The molecule has 1 unspecified atom stereocenters. The monoisotopic (exact) mass is 487 g/mol. The van der Waals surface area contributed by atoms with Crippen molar-refractivity contribution in [3.63, 3.8) is 0 Å². The largest absolute Gasteiger partial charge is 1.00 e. The highest BCUT2D eigenvalue weighted by Gasteiger charge is 2.57. The Morgan fingerprint density at radius 3 is 1.24 bits per heavy atom. The van der Waals surface area contributed by atoms with Crippen LogP contribution in [0, 0.1) is 0 Å². The normalized spacial score (nSPS) is 11.7. The first-order valence-electron chi connectivity index (χ1n) is 10.9. The molecule has 0 bridgehead atoms. The van der Waals surface area contributed by atoms with Crippen LogP contribution < -0.4 is 28.3 Å². The zero-order chi connectivity index (χ0) is 23.3. The number of hydrogen-bond acceptors (Lipinski definition) is 2. The van der Waals surface area contributed by atoms with Crippen molar-refractivity contribution in [2.45, 2.75) is 5.66 Å². The van der Waals surface area contributed by atoms with E-state index in [0.29, 0.717) is 0 Å². The number of carbonyl (C=O) groups excluding carboxylic acids is 2. The lowest BCUT2D eigenvalue weighted by atomic mass is 10.1. The van der Waals surface area contributed by atoms with Crippen molar-refractivity contribution in [2.24, 2.45) is 0 Å². The summed E-state index contributed by atoms with van der Waals surface area (Å²) in [6.07, 6.45) is 0. The molecule has 1 amide bonds. The summed E-state index contributed by atoms with van der Waals surface area (Å²) in [4.78, 5) is 28.7. The van der Waals surface area contributed by atoms with Crippen LogP contribution in [0.4, 0.5) is 0 Å². The van der Waals surface area contributed by atoms with E-state index in [0.717, 1.165) is 21.5 Å². The number of amides is 1. The van der Waals surface area contributed by atoms with E-state index in [-0.39, 0.29) is 12.4 Å². The van der Waals surface area contributed by atoms with E-state index in [1.165, 1.54) is 4.90 Å². The predicted octanol–water partition coefficient (Wildman–Crippen LogP) is 1.38. The SMILES string of the molecule is CN(C)C(=O)C(=O)C(c1ccccc1)[P+](c1ccccc1)(c1ccccc1)c1ccccc1.[Cl-]. The van der Waals surface area contributed by atoms with Gasteiger partial charge in [-0.2, -0.15) is 0 Å². The number of rotatable bonds is 7. The van der Waals surface area contributed by atoms with Crippen LogP contribution in [0.25, 0.3) is 0 Å². The molecule has 0 saturated heterocycles. The summed E-state index contributed by atoms with van der Waals surface area (Å²) in [5, 5.41) is 3.20. The Balaban J connectivity index is 0.00000324. The highest BCUT2D eigenvalue weighted by atomic mass is 35.5. The van der Waals surface area contributed by atoms with Gasteiger partial charge in [0.1, 0.15) is 23.2 Å². The molecule has 3 nitrogen and oxygen atoms in total. The van der Waals surface area contributed by atoms with Crippen molar-refractivity contribution in [3.05, 3.63) is 127 Å². The van der Waals surface area contributed by atoms with Gasteiger partial charge in [0.15, 0.2) is 5.66 Å². The minimum atomic E-state index is -2.63. The van der Waals surface area contributed by atoms with Crippen molar-refractivity contribution in [1.82, 2.24) is 4.90 Å². The van der Waals surface area contributed by atoms with Gasteiger partial charge in [0.05, 0.1) is 0 Å². The van der Waals surface area contributed by atoms with E-state index in [2.05, 4.69) is 36.4 Å². The first-order chi connectivity index (χ1) is 16.1. The van der Waals surface area contributed by atoms with Crippen LogP contribution in [0.1, 0.15) is 11.2 Å². The first-order valence-corrected chi connectivity index (χ1v) is 12.8. The fourth-order valence-corrected chi connectivity index (χ4v) is 9.20. The number of benzene rings is 4. The molecule has 0 N–H and O–H groups in total. The maximum atomic E-state index is 14.1. The van der Waals surface area contributed by atoms with Gasteiger partial charge in [0.25, 0.3) is 11.7 Å². The molecule has 5 heteroatoms. The molecular formula is C29H27ClNO2P. The van der Waals surface area contributed by atoms with Gasteiger partial charge in [-0.1, -0.05) is 84.9 Å². The van der Waals surface area contributed by atoms with Gasteiger partial charge in [-0.15, -0.1) is 0 Å². The Labute approximate surface area is 208 Å². The number of likely N-dealkylation sites (N-methyl/N-ethyl adjacent to an activating group) is 1. The van der Waals surface area contributed by atoms with E-state index in [9.17, 15) is 9.59 Å². The van der Waals surface area contributed by atoms with E-state index >= 15 is 0 Å². The average molecular weight is 488 g/mol. The fourth-order valence-electron chi connectivity index (χ4n) is 4.41. The molecule has 0 heterocycles. The van der Waals surface area contributed by atoms with Crippen LogP contribution in [0.3, 0.4) is 0 Å². The van der Waals surface area contributed by atoms with E-state index in [1.807, 2.05) is 84.9 Å². The third-order valence-electron chi connectivity index (χ3n) is 5.86. The molecule has 0 fully saturated rings. The van der Waals surface area contributed by atoms with Crippen LogP contribution in [0.2, 0.25) is 0 Å². The van der Waals surface area contributed by atoms with Gasteiger partial charge in [-0.25, -0.2) is 0 Å². The van der Waals surface area contributed by atoms with Gasteiger partial charge >= 0.3 is 0 Å². The molecule has 1 atom stereocenters. The molecule has 4 aromatic carbocycles. The predicted molar refractivity (Wildman–Crippen MR) is 138 cm³/mol. The van der Waals surface area contributed by atoms with Gasteiger partial charge in [0.2, 0.25) is 0 Å². The fraction of sp³-hybridized carbons (Fsp3) is 0.103. The number of nitrogens with zero attached hydrogens (tertiary/aromatic N) is 1. The van der Waals surface area contributed by atoms with Crippen molar-refractivity contribution in [3.8, 4) is 0 Å². The Kier molecular flexibility index (Phi) is 8.39. The number of carbonyl (C=O) groups is 2. The number of ketones is 1. The standard InChI is InChI=1S/C29H27NO2P.ClH/c1-30(2)29(32)27(31)28(23-15-7-3-8-16-23)33(24-17-9-4-10-18-24,25-19-11-5-12-20-25)26-21-13-6-14-22-26;/h3-22,28H,1-2H3;1H/q+1;/p-1. The molecule has 34 heavy (non-hydrogen) atoms. The molecule has 4 aromatic rings. The summed E-state index contributed by atoms with van der Waals surface area (Å²) in [6, 6.07) is 40.3. The highest BCUT2D eigenvalue weighted by molar-refractivity contribution is 7.96. The van der Waals surface area contributed by atoms with Crippen LogP contribution in [0.5, 0.6) is 0 Å². The van der Waals surface area contributed by atoms with Crippen LogP contribution in [-0.2, 0) is 9.59 Å². The third-order valence-corrected chi connectivity index (χ3v) is 10.5. The van der Waals surface area contributed by atoms with Crippen LogP contribution in [0.15, 0.2) is 121 Å². The zero-order valence-corrected chi connectivity index (χ0v) is 20.9.